The van der Waals surface area contributed by atoms with Crippen molar-refractivity contribution >= 4 is 11.8 Å². The minimum absolute atomic E-state index is 0.00644. The zero-order valence-electron chi connectivity index (χ0n) is 11.2. The van der Waals surface area contributed by atoms with E-state index in [9.17, 15) is 18.3 Å². The number of ether oxygens (including phenoxy) is 1. The van der Waals surface area contributed by atoms with Crippen molar-refractivity contribution in [1.82, 2.24) is 9.97 Å². The number of aliphatic hydroxyl groups is 1. The van der Waals surface area contributed by atoms with Gasteiger partial charge in [-0.05, 0) is 6.92 Å². The molecule has 1 aromatic rings. The monoisotopic (exact) mass is 307 g/mol. The Bertz CT molecular complexity index is 513. The topological polar surface area (TPSA) is 105 Å². The molecule has 1 aromatic heterocycles. The largest absolute Gasteiger partial charge is 0.433 e. The van der Waals surface area contributed by atoms with Gasteiger partial charge in [-0.15, -0.1) is 0 Å². The lowest BCUT2D eigenvalue weighted by Crippen LogP contribution is -2.43. The average Bonchev–Trinajstić information content (AvgIpc) is 2.75. The van der Waals surface area contributed by atoms with Crippen LogP contribution in [-0.4, -0.2) is 39.9 Å². The van der Waals surface area contributed by atoms with Crippen molar-refractivity contribution in [2.45, 2.75) is 31.2 Å². The molecule has 118 valence electrons. The van der Waals surface area contributed by atoms with Gasteiger partial charge in [-0.2, -0.15) is 18.2 Å². The Kier molecular flexibility index (Phi) is 4.21. The summed E-state index contributed by atoms with van der Waals surface area (Å²) < 4.78 is 43.4. The van der Waals surface area contributed by atoms with E-state index in [0.29, 0.717) is 13.0 Å². The highest BCUT2D eigenvalue weighted by atomic mass is 19.4. The molecule has 0 spiro atoms. The predicted octanol–water partition coefficient (Wildman–Crippen LogP) is 0.733. The van der Waals surface area contributed by atoms with E-state index in [1.165, 1.54) is 0 Å². The second-order valence-corrected chi connectivity index (χ2v) is 4.82. The lowest BCUT2D eigenvalue weighted by atomic mass is 9.97. The summed E-state index contributed by atoms with van der Waals surface area (Å²) in [5.41, 5.74) is -0.305. The highest BCUT2D eigenvalue weighted by Gasteiger charge is 2.39. The molecule has 21 heavy (non-hydrogen) atoms. The first kappa shape index (κ1) is 15.7. The maximum absolute atomic E-state index is 12.7. The fraction of sp³-hybridized carbons (Fsp3) is 0.636. The van der Waals surface area contributed by atoms with E-state index < -0.39 is 23.6 Å². The van der Waals surface area contributed by atoms with E-state index in [1.54, 1.807) is 6.92 Å². The van der Waals surface area contributed by atoms with Gasteiger partial charge < -0.3 is 15.2 Å². The highest BCUT2D eigenvalue weighted by molar-refractivity contribution is 5.43. The Labute approximate surface area is 118 Å². The quantitative estimate of drug-likeness (QED) is 0.480. The minimum Gasteiger partial charge on any atom is -0.385 e. The molecule has 2 unspecified atom stereocenters. The van der Waals surface area contributed by atoms with Crippen LogP contribution in [0.2, 0.25) is 0 Å². The molecule has 5 N–H and O–H groups in total. The number of nitrogens with two attached hydrogens (primary N) is 1. The number of hydrazine groups is 1. The molecule has 10 heteroatoms. The smallest absolute Gasteiger partial charge is 0.385 e. The number of alkyl halides is 3. The number of nitrogen functional groups attached to an aromatic ring is 1. The van der Waals surface area contributed by atoms with Gasteiger partial charge in [-0.1, -0.05) is 0 Å². The molecule has 0 aromatic carbocycles. The lowest BCUT2D eigenvalue weighted by molar-refractivity contribution is -0.141. The van der Waals surface area contributed by atoms with E-state index in [1.807, 2.05) is 5.43 Å². The van der Waals surface area contributed by atoms with Crippen LogP contribution < -0.4 is 16.6 Å². The summed E-state index contributed by atoms with van der Waals surface area (Å²) in [4.78, 5) is 7.01. The highest BCUT2D eigenvalue weighted by Crippen LogP contribution is 2.30. The van der Waals surface area contributed by atoms with Gasteiger partial charge in [0.15, 0.2) is 5.69 Å². The van der Waals surface area contributed by atoms with Crippen LogP contribution in [0.4, 0.5) is 24.9 Å². The van der Waals surface area contributed by atoms with Crippen molar-refractivity contribution in [3.8, 4) is 0 Å². The molecule has 0 aliphatic carbocycles. The first-order valence-electron chi connectivity index (χ1n) is 6.25. The Hall–Kier alpha value is -1.65. The van der Waals surface area contributed by atoms with Crippen molar-refractivity contribution < 1.29 is 23.0 Å². The average molecular weight is 307 g/mol. The van der Waals surface area contributed by atoms with E-state index in [4.69, 9.17) is 10.6 Å². The van der Waals surface area contributed by atoms with Gasteiger partial charge in [0.1, 0.15) is 11.4 Å². The fourth-order valence-corrected chi connectivity index (χ4v) is 1.99. The molecule has 2 rings (SSSR count). The zero-order chi connectivity index (χ0) is 15.7. The third-order valence-electron chi connectivity index (χ3n) is 3.38. The van der Waals surface area contributed by atoms with Gasteiger partial charge in [0.25, 0.3) is 0 Å². The summed E-state index contributed by atoms with van der Waals surface area (Å²) in [7, 11) is 0. The Morgan fingerprint density at radius 1 is 1.52 bits per heavy atom. The van der Waals surface area contributed by atoms with Crippen LogP contribution in [0.25, 0.3) is 0 Å². The number of nitrogens with zero attached hydrogens (tertiary/aromatic N) is 2. The maximum Gasteiger partial charge on any atom is 0.433 e. The maximum atomic E-state index is 12.7. The molecule has 1 fully saturated rings. The van der Waals surface area contributed by atoms with Gasteiger partial charge in [-0.25, -0.2) is 10.8 Å². The fourth-order valence-electron chi connectivity index (χ4n) is 1.99. The standard InChI is InChI=1S/C11H16F3N5O2/c1-6-10(20,2-3-21-6)5-16-8-4-7(11(12,13)14)17-9(18-8)19-15/h4,6,20H,2-3,5,15H2,1H3,(H2,16,17,18,19). The van der Waals surface area contributed by atoms with E-state index >= 15 is 0 Å². The summed E-state index contributed by atoms with van der Waals surface area (Å²) >= 11 is 0. The summed E-state index contributed by atoms with van der Waals surface area (Å²) in [5, 5.41) is 13.0. The Balaban J connectivity index is 2.16. The van der Waals surface area contributed by atoms with Crippen molar-refractivity contribution in [1.29, 1.82) is 0 Å². The molecule has 1 saturated heterocycles. The molecule has 0 saturated carbocycles. The summed E-state index contributed by atoms with van der Waals surface area (Å²) in [5.74, 6) is 4.61. The van der Waals surface area contributed by atoms with Crippen LogP contribution in [0.15, 0.2) is 6.07 Å². The molecular weight excluding hydrogens is 291 g/mol. The molecule has 0 radical (unpaired) electrons. The van der Waals surface area contributed by atoms with Gasteiger partial charge in [-0.3, -0.25) is 5.43 Å². The molecule has 1 aliphatic heterocycles. The molecular formula is C11H16F3N5O2. The number of aromatic nitrogens is 2. The Morgan fingerprint density at radius 2 is 2.24 bits per heavy atom. The Morgan fingerprint density at radius 3 is 2.76 bits per heavy atom. The number of hydrogen-bond donors (Lipinski definition) is 4. The van der Waals surface area contributed by atoms with Gasteiger partial charge in [0.2, 0.25) is 5.95 Å². The minimum atomic E-state index is -4.62. The van der Waals surface area contributed by atoms with Crippen LogP contribution in [0.5, 0.6) is 0 Å². The lowest BCUT2D eigenvalue weighted by Gasteiger charge is -2.26. The van der Waals surface area contributed by atoms with Gasteiger partial charge in [0.05, 0.1) is 6.10 Å². The zero-order valence-corrected chi connectivity index (χ0v) is 11.2. The van der Waals surface area contributed by atoms with Crippen molar-refractivity contribution in [3.63, 3.8) is 0 Å². The second-order valence-electron chi connectivity index (χ2n) is 4.82. The molecule has 7 nitrogen and oxygen atoms in total. The van der Waals surface area contributed by atoms with Crippen molar-refractivity contribution in [2.24, 2.45) is 5.84 Å². The first-order valence-corrected chi connectivity index (χ1v) is 6.25. The SMILES string of the molecule is CC1OCCC1(O)CNc1cc(C(F)(F)F)nc(NN)n1. The molecule has 1 aliphatic rings. The van der Waals surface area contributed by atoms with E-state index in [-0.39, 0.29) is 18.3 Å². The normalized spacial score (nSPS) is 25.9. The van der Waals surface area contributed by atoms with Gasteiger partial charge >= 0.3 is 6.18 Å². The van der Waals surface area contributed by atoms with Crippen LogP contribution in [-0.2, 0) is 10.9 Å². The second kappa shape index (κ2) is 5.62. The summed E-state index contributed by atoms with van der Waals surface area (Å²) in [6.07, 6.45) is -4.65. The van der Waals surface area contributed by atoms with Crippen molar-refractivity contribution in [3.05, 3.63) is 11.8 Å². The number of halogens is 3. The number of rotatable bonds is 4. The number of nitrogens with one attached hydrogen (secondary N) is 2. The summed E-state index contributed by atoms with van der Waals surface area (Å²) in [6.45, 7) is 2.10. The molecule has 2 heterocycles. The summed E-state index contributed by atoms with van der Waals surface area (Å²) in [6, 6.07) is 0.755. The predicted molar refractivity (Wildman–Crippen MR) is 68.3 cm³/mol. The number of hydrogen-bond acceptors (Lipinski definition) is 7. The van der Waals surface area contributed by atoms with Crippen LogP contribution in [0, 0.1) is 0 Å². The van der Waals surface area contributed by atoms with Gasteiger partial charge in [0, 0.05) is 25.6 Å². The molecule has 0 bridgehead atoms. The van der Waals surface area contributed by atoms with Crippen molar-refractivity contribution in [2.75, 3.05) is 23.9 Å². The molecule has 2 atom stereocenters. The van der Waals surface area contributed by atoms with E-state index in [0.717, 1.165) is 6.07 Å². The van der Waals surface area contributed by atoms with E-state index in [2.05, 4.69) is 15.3 Å². The van der Waals surface area contributed by atoms with Crippen LogP contribution in [0.1, 0.15) is 19.0 Å². The third kappa shape index (κ3) is 3.52. The number of anilines is 2. The molecule has 0 amide bonds. The third-order valence-corrected chi connectivity index (χ3v) is 3.38. The first-order chi connectivity index (χ1) is 9.74. The van der Waals surface area contributed by atoms with Crippen LogP contribution in [0.3, 0.4) is 0 Å². The van der Waals surface area contributed by atoms with Crippen LogP contribution >= 0.6 is 0 Å².